The Hall–Kier alpha value is -0.980. The molecule has 0 radical (unpaired) electrons. The van der Waals surface area contributed by atoms with Gasteiger partial charge in [0.25, 0.3) is 0 Å². The molecule has 20 heavy (non-hydrogen) atoms. The van der Waals surface area contributed by atoms with Crippen LogP contribution >= 0.6 is 24.2 Å². The molecule has 0 bridgehead atoms. The lowest BCUT2D eigenvalue weighted by molar-refractivity contribution is -0.119. The molecule has 0 unspecified atom stereocenters. The normalized spacial score (nSPS) is 11.4. The third kappa shape index (κ3) is 4.85. The average Bonchev–Trinajstić information content (AvgIpc) is 2.42. The average molecular weight is 323 g/mol. The van der Waals surface area contributed by atoms with Gasteiger partial charge in [-0.05, 0) is 30.6 Å². The number of carbonyl (C=O) groups is 1. The number of thioether (sulfide) groups is 1. The van der Waals surface area contributed by atoms with Crippen LogP contribution in [-0.2, 0) is 4.79 Å². The minimum absolute atomic E-state index is 0. The van der Waals surface area contributed by atoms with Crippen LogP contribution in [0.15, 0.2) is 18.2 Å². The van der Waals surface area contributed by atoms with Crippen molar-refractivity contribution < 1.29 is 13.9 Å². The van der Waals surface area contributed by atoms with Gasteiger partial charge in [-0.3, -0.25) is 4.79 Å². The molecule has 0 aliphatic rings. The van der Waals surface area contributed by atoms with Crippen LogP contribution < -0.4 is 15.4 Å². The van der Waals surface area contributed by atoms with Gasteiger partial charge in [0.2, 0.25) is 5.91 Å². The molecule has 0 saturated carbocycles. The Bertz CT molecular complexity index is 448. The number of carbonyl (C=O) groups excluding carboxylic acids is 1. The van der Waals surface area contributed by atoms with E-state index in [0.29, 0.717) is 12.1 Å². The number of rotatable bonds is 6. The Kier molecular flexibility index (Phi) is 8.60. The molecular formula is C13H20ClFN2O2S. The van der Waals surface area contributed by atoms with E-state index in [4.69, 9.17) is 10.5 Å². The molecule has 0 saturated heterocycles. The van der Waals surface area contributed by atoms with Gasteiger partial charge in [0, 0.05) is 18.8 Å². The van der Waals surface area contributed by atoms with E-state index in [0.717, 1.165) is 5.75 Å². The summed E-state index contributed by atoms with van der Waals surface area (Å²) in [6.07, 6.45) is 2.56. The maximum atomic E-state index is 13.6. The summed E-state index contributed by atoms with van der Waals surface area (Å²) in [4.78, 5) is 13.4. The Morgan fingerprint density at radius 2 is 2.20 bits per heavy atom. The number of hydrogen-bond donors (Lipinski definition) is 1. The summed E-state index contributed by atoms with van der Waals surface area (Å²) in [7, 11) is 2.98. The van der Waals surface area contributed by atoms with Crippen molar-refractivity contribution in [3.63, 3.8) is 0 Å². The highest BCUT2D eigenvalue weighted by Gasteiger charge is 2.19. The van der Waals surface area contributed by atoms with Crippen molar-refractivity contribution in [1.29, 1.82) is 0 Å². The predicted octanol–water partition coefficient (Wildman–Crippen LogP) is 2.30. The van der Waals surface area contributed by atoms with Gasteiger partial charge in [-0.2, -0.15) is 11.8 Å². The SMILES string of the molecule is COc1ccc(N(C)C(=O)[C@@H](N)CCSC)cc1F.Cl. The lowest BCUT2D eigenvalue weighted by Crippen LogP contribution is -2.42. The number of nitrogens with two attached hydrogens (primary N) is 1. The third-order valence-electron chi connectivity index (χ3n) is 2.80. The second-order valence-corrected chi connectivity index (χ2v) is 5.09. The maximum absolute atomic E-state index is 13.6. The maximum Gasteiger partial charge on any atom is 0.243 e. The van der Waals surface area contributed by atoms with Gasteiger partial charge < -0.3 is 15.4 Å². The van der Waals surface area contributed by atoms with Crippen molar-refractivity contribution in [1.82, 2.24) is 0 Å². The highest BCUT2D eigenvalue weighted by Crippen LogP contribution is 2.23. The molecule has 0 fully saturated rings. The van der Waals surface area contributed by atoms with Gasteiger partial charge in [0.05, 0.1) is 13.2 Å². The van der Waals surface area contributed by atoms with Gasteiger partial charge in [-0.15, -0.1) is 12.4 Å². The lowest BCUT2D eigenvalue weighted by atomic mass is 10.2. The predicted molar refractivity (Wildman–Crippen MR) is 84.6 cm³/mol. The van der Waals surface area contributed by atoms with Crippen LogP contribution in [0.25, 0.3) is 0 Å². The molecule has 0 aromatic heterocycles. The molecule has 1 atom stereocenters. The van der Waals surface area contributed by atoms with Crippen molar-refractivity contribution in [2.75, 3.05) is 31.1 Å². The van der Waals surface area contributed by atoms with E-state index < -0.39 is 11.9 Å². The first-order valence-electron chi connectivity index (χ1n) is 5.87. The molecule has 114 valence electrons. The summed E-state index contributed by atoms with van der Waals surface area (Å²) < 4.78 is 18.4. The largest absolute Gasteiger partial charge is 0.494 e. The van der Waals surface area contributed by atoms with E-state index in [9.17, 15) is 9.18 Å². The van der Waals surface area contributed by atoms with Crippen LogP contribution in [0, 0.1) is 5.82 Å². The zero-order chi connectivity index (χ0) is 14.4. The molecule has 1 aromatic carbocycles. The molecule has 0 heterocycles. The van der Waals surface area contributed by atoms with Crippen molar-refractivity contribution in [3.8, 4) is 5.75 Å². The highest BCUT2D eigenvalue weighted by atomic mass is 35.5. The Labute approximate surface area is 129 Å². The van der Waals surface area contributed by atoms with Crippen LogP contribution in [0.3, 0.4) is 0 Å². The van der Waals surface area contributed by atoms with Crippen LogP contribution in [0.5, 0.6) is 5.75 Å². The molecule has 2 N–H and O–H groups in total. The smallest absolute Gasteiger partial charge is 0.243 e. The topological polar surface area (TPSA) is 55.6 Å². The minimum Gasteiger partial charge on any atom is -0.494 e. The fraction of sp³-hybridized carbons (Fsp3) is 0.462. The van der Waals surface area contributed by atoms with Crippen molar-refractivity contribution in [2.24, 2.45) is 5.73 Å². The van der Waals surface area contributed by atoms with Gasteiger partial charge in [-0.25, -0.2) is 4.39 Å². The standard InChI is InChI=1S/C13H19FN2O2S.ClH/c1-16(13(17)11(15)6-7-19-3)9-4-5-12(18-2)10(14)8-9;/h4-5,8,11H,6-7,15H2,1-3H3;1H/t11-;/m0./s1. The van der Waals surface area contributed by atoms with Crippen molar-refractivity contribution in [3.05, 3.63) is 24.0 Å². The summed E-state index contributed by atoms with van der Waals surface area (Å²) in [6, 6.07) is 3.81. The monoisotopic (exact) mass is 322 g/mol. The summed E-state index contributed by atoms with van der Waals surface area (Å²) in [6.45, 7) is 0. The number of methoxy groups -OCH3 is 1. The van der Waals surface area contributed by atoms with Gasteiger partial charge in [0.15, 0.2) is 11.6 Å². The zero-order valence-electron chi connectivity index (χ0n) is 11.8. The van der Waals surface area contributed by atoms with Crippen LogP contribution in [0.4, 0.5) is 10.1 Å². The second kappa shape index (κ2) is 9.05. The van der Waals surface area contributed by atoms with Crippen molar-refractivity contribution in [2.45, 2.75) is 12.5 Å². The number of benzene rings is 1. The summed E-state index contributed by atoms with van der Waals surface area (Å²) >= 11 is 1.63. The fourth-order valence-corrected chi connectivity index (χ4v) is 2.10. The van der Waals surface area contributed by atoms with E-state index in [1.54, 1.807) is 24.9 Å². The molecule has 7 heteroatoms. The fourth-order valence-electron chi connectivity index (χ4n) is 1.61. The first kappa shape index (κ1) is 19.0. The molecule has 0 spiro atoms. The molecule has 1 aromatic rings. The third-order valence-corrected chi connectivity index (χ3v) is 3.45. The lowest BCUT2D eigenvalue weighted by Gasteiger charge is -2.21. The minimum atomic E-state index is -0.567. The Balaban J connectivity index is 0.00000361. The number of halogens is 2. The summed E-state index contributed by atoms with van der Waals surface area (Å²) in [5.74, 6) is 0.241. The Morgan fingerprint density at radius 3 is 2.70 bits per heavy atom. The zero-order valence-corrected chi connectivity index (χ0v) is 13.4. The number of anilines is 1. The van der Waals surface area contributed by atoms with Crippen molar-refractivity contribution >= 4 is 35.8 Å². The van der Waals surface area contributed by atoms with E-state index in [2.05, 4.69) is 0 Å². The van der Waals surface area contributed by atoms with E-state index >= 15 is 0 Å². The molecular weight excluding hydrogens is 303 g/mol. The number of amides is 1. The number of likely N-dealkylation sites (N-methyl/N-ethyl adjacent to an activating group) is 1. The summed E-state index contributed by atoms with van der Waals surface area (Å²) in [5.41, 5.74) is 6.27. The number of hydrogen-bond acceptors (Lipinski definition) is 4. The molecule has 0 aliphatic heterocycles. The van der Waals surface area contributed by atoms with Gasteiger partial charge in [-0.1, -0.05) is 0 Å². The first-order valence-corrected chi connectivity index (χ1v) is 7.26. The van der Waals surface area contributed by atoms with E-state index in [-0.39, 0.29) is 24.1 Å². The van der Waals surface area contributed by atoms with E-state index in [1.807, 2.05) is 6.26 Å². The number of ether oxygens (including phenoxy) is 1. The molecule has 4 nitrogen and oxygen atoms in total. The number of nitrogens with zero attached hydrogens (tertiary/aromatic N) is 1. The van der Waals surface area contributed by atoms with E-state index in [1.165, 1.54) is 24.1 Å². The molecule has 1 rings (SSSR count). The molecule has 1 amide bonds. The van der Waals surface area contributed by atoms with Crippen LogP contribution in [0.1, 0.15) is 6.42 Å². The summed E-state index contributed by atoms with van der Waals surface area (Å²) in [5, 5.41) is 0. The first-order chi connectivity index (χ1) is 9.01. The van der Waals surface area contributed by atoms with Gasteiger partial charge >= 0.3 is 0 Å². The quantitative estimate of drug-likeness (QED) is 0.873. The van der Waals surface area contributed by atoms with Crippen LogP contribution in [0.2, 0.25) is 0 Å². The molecule has 0 aliphatic carbocycles. The highest BCUT2D eigenvalue weighted by molar-refractivity contribution is 7.98. The van der Waals surface area contributed by atoms with Gasteiger partial charge in [0.1, 0.15) is 0 Å². The Morgan fingerprint density at radius 1 is 1.55 bits per heavy atom. The second-order valence-electron chi connectivity index (χ2n) is 4.10. The van der Waals surface area contributed by atoms with Crippen LogP contribution in [-0.4, -0.2) is 38.1 Å².